The third-order valence-corrected chi connectivity index (χ3v) is 5.71. The first-order valence-electron chi connectivity index (χ1n) is 10.1. The topological polar surface area (TPSA) is 96.0 Å². The molecule has 0 atom stereocenters. The summed E-state index contributed by atoms with van der Waals surface area (Å²) in [7, 11) is 0. The molecule has 0 bridgehead atoms. The van der Waals surface area contributed by atoms with Crippen molar-refractivity contribution in [3.8, 4) is 11.3 Å². The van der Waals surface area contributed by atoms with Gasteiger partial charge in [-0.3, -0.25) is 19.5 Å². The maximum Gasteiger partial charge on any atom is 0.307 e. The molecule has 32 heavy (non-hydrogen) atoms. The molecule has 1 aliphatic heterocycles. The van der Waals surface area contributed by atoms with Crippen LogP contribution in [-0.4, -0.2) is 38.6 Å². The van der Waals surface area contributed by atoms with Crippen LogP contribution < -0.4 is 0 Å². The van der Waals surface area contributed by atoms with Crippen molar-refractivity contribution in [1.29, 1.82) is 0 Å². The fourth-order valence-electron chi connectivity index (χ4n) is 3.22. The van der Waals surface area contributed by atoms with E-state index >= 15 is 0 Å². The van der Waals surface area contributed by atoms with Gasteiger partial charge in [-0.05, 0) is 48.0 Å². The normalized spacial score (nSPS) is 16.3. The lowest BCUT2D eigenvalue weighted by Crippen LogP contribution is -2.29. The van der Waals surface area contributed by atoms with Crippen LogP contribution in [0.1, 0.15) is 24.7 Å². The second-order valence-corrected chi connectivity index (χ2v) is 8.15. The van der Waals surface area contributed by atoms with Crippen LogP contribution in [-0.2, 0) is 16.0 Å². The van der Waals surface area contributed by atoms with E-state index in [2.05, 4.69) is 9.98 Å². The number of benzene rings is 1. The van der Waals surface area contributed by atoms with E-state index in [1.807, 2.05) is 37.3 Å². The van der Waals surface area contributed by atoms with Crippen LogP contribution in [0.15, 0.2) is 75.2 Å². The Hall–Kier alpha value is -3.65. The second kappa shape index (κ2) is 9.65. The van der Waals surface area contributed by atoms with Gasteiger partial charge in [-0.1, -0.05) is 31.2 Å². The fraction of sp³-hybridized carbons (Fsp3) is 0.167. The first-order valence-corrected chi connectivity index (χ1v) is 11.0. The van der Waals surface area contributed by atoms with Crippen LogP contribution >= 0.6 is 11.8 Å². The number of amides is 1. The first kappa shape index (κ1) is 21.6. The number of rotatable bonds is 7. The summed E-state index contributed by atoms with van der Waals surface area (Å²) in [6.45, 7) is 2.59. The molecule has 0 aliphatic carbocycles. The molecule has 1 aliphatic rings. The molecular weight excluding hydrogens is 426 g/mol. The number of hydrogen-bond acceptors (Lipinski definition) is 6. The Morgan fingerprint density at radius 3 is 2.72 bits per heavy atom. The Balaban J connectivity index is 1.56. The maximum atomic E-state index is 13.0. The molecule has 1 aromatic carbocycles. The Morgan fingerprint density at radius 2 is 2.03 bits per heavy atom. The average Bonchev–Trinajstić information content (AvgIpc) is 3.36. The van der Waals surface area contributed by atoms with Crippen molar-refractivity contribution in [2.75, 3.05) is 6.54 Å². The predicted octanol–water partition coefficient (Wildman–Crippen LogP) is 4.98. The van der Waals surface area contributed by atoms with Gasteiger partial charge in [-0.25, -0.2) is 4.99 Å². The van der Waals surface area contributed by atoms with E-state index in [0.717, 1.165) is 17.5 Å². The summed E-state index contributed by atoms with van der Waals surface area (Å²) in [4.78, 5) is 34.7. The van der Waals surface area contributed by atoms with Crippen LogP contribution in [0.4, 0.5) is 5.69 Å². The van der Waals surface area contributed by atoms with Crippen molar-refractivity contribution < 1.29 is 19.1 Å². The zero-order chi connectivity index (χ0) is 22.5. The van der Waals surface area contributed by atoms with Gasteiger partial charge in [-0.2, -0.15) is 0 Å². The van der Waals surface area contributed by atoms with Crippen LogP contribution in [0, 0.1) is 0 Å². The summed E-state index contributed by atoms with van der Waals surface area (Å²) in [5.41, 5.74) is 2.25. The zero-order valence-corrected chi connectivity index (χ0v) is 18.2. The van der Waals surface area contributed by atoms with Crippen molar-refractivity contribution in [2.24, 2.45) is 4.99 Å². The number of carbonyl (C=O) groups is 2. The molecule has 1 amide bonds. The number of thioether (sulfide) groups is 1. The highest BCUT2D eigenvalue weighted by Crippen LogP contribution is 2.35. The standard InChI is InChI=1S/C24H21N3O4S/c1-2-12-27-23(30)21(32-24(27)26-18-4-3-11-25-15-18)14-19-9-10-20(31-19)17-7-5-16(6-8-17)13-22(28)29/h3-11,14-15H,2,12-13H2,1H3,(H,28,29)/b21-14-,26-24?. The summed E-state index contributed by atoms with van der Waals surface area (Å²) in [6, 6.07) is 14.5. The minimum atomic E-state index is -0.869. The predicted molar refractivity (Wildman–Crippen MR) is 124 cm³/mol. The quantitative estimate of drug-likeness (QED) is 0.513. The number of carboxylic acids is 1. The lowest BCUT2D eigenvalue weighted by Gasteiger charge is -2.13. The number of furan rings is 1. The highest BCUT2D eigenvalue weighted by Gasteiger charge is 2.33. The molecule has 1 saturated heterocycles. The van der Waals surface area contributed by atoms with Gasteiger partial charge < -0.3 is 9.52 Å². The third-order valence-electron chi connectivity index (χ3n) is 4.70. The summed E-state index contributed by atoms with van der Waals surface area (Å²) >= 11 is 1.31. The molecule has 162 valence electrons. The van der Waals surface area contributed by atoms with Crippen LogP contribution in [0.3, 0.4) is 0 Å². The minimum absolute atomic E-state index is 0.0215. The molecule has 3 aromatic rings. The zero-order valence-electron chi connectivity index (χ0n) is 17.4. The van der Waals surface area contributed by atoms with Gasteiger partial charge in [-0.15, -0.1) is 0 Å². The fourth-order valence-corrected chi connectivity index (χ4v) is 4.22. The van der Waals surface area contributed by atoms with Gasteiger partial charge in [0.2, 0.25) is 0 Å². The summed E-state index contributed by atoms with van der Waals surface area (Å²) in [6.07, 6.45) is 5.86. The van der Waals surface area contributed by atoms with Crippen LogP contribution in [0.25, 0.3) is 17.4 Å². The molecule has 1 N–H and O–H groups in total. The number of aliphatic carboxylic acids is 1. The Morgan fingerprint density at radius 1 is 1.22 bits per heavy atom. The highest BCUT2D eigenvalue weighted by atomic mass is 32.2. The SMILES string of the molecule is CCCN1C(=O)/C(=C/c2ccc(-c3ccc(CC(=O)O)cc3)o2)SC1=Nc1cccnc1. The van der Waals surface area contributed by atoms with E-state index in [4.69, 9.17) is 9.52 Å². The van der Waals surface area contributed by atoms with E-state index in [1.54, 1.807) is 41.6 Å². The first-order chi connectivity index (χ1) is 15.5. The smallest absolute Gasteiger partial charge is 0.307 e. The number of pyridine rings is 1. The van der Waals surface area contributed by atoms with E-state index in [0.29, 0.717) is 33.8 Å². The third kappa shape index (κ3) is 4.97. The summed E-state index contributed by atoms with van der Waals surface area (Å²) < 4.78 is 5.92. The Labute approximate surface area is 189 Å². The number of carbonyl (C=O) groups excluding carboxylic acids is 1. The van der Waals surface area contributed by atoms with Gasteiger partial charge in [0.15, 0.2) is 5.17 Å². The monoisotopic (exact) mass is 447 g/mol. The minimum Gasteiger partial charge on any atom is -0.481 e. The summed E-state index contributed by atoms with van der Waals surface area (Å²) in [5.74, 6) is 0.232. The highest BCUT2D eigenvalue weighted by molar-refractivity contribution is 8.18. The van der Waals surface area contributed by atoms with Gasteiger partial charge in [0, 0.05) is 24.4 Å². The summed E-state index contributed by atoms with van der Waals surface area (Å²) in [5, 5.41) is 9.52. The largest absolute Gasteiger partial charge is 0.481 e. The van der Waals surface area contributed by atoms with Crippen molar-refractivity contribution >= 4 is 40.6 Å². The molecule has 7 nitrogen and oxygen atoms in total. The molecule has 2 aromatic heterocycles. The number of carboxylic acid groups (broad SMARTS) is 1. The molecule has 0 radical (unpaired) electrons. The lowest BCUT2D eigenvalue weighted by atomic mass is 10.1. The second-order valence-electron chi connectivity index (χ2n) is 7.14. The molecule has 0 saturated carbocycles. The molecule has 1 fully saturated rings. The van der Waals surface area contributed by atoms with Crippen LogP contribution in [0.5, 0.6) is 0 Å². The number of aliphatic imine (C=N–C) groups is 1. The Kier molecular flexibility index (Phi) is 6.51. The van der Waals surface area contributed by atoms with Gasteiger partial charge in [0.25, 0.3) is 5.91 Å². The van der Waals surface area contributed by atoms with E-state index in [9.17, 15) is 9.59 Å². The van der Waals surface area contributed by atoms with Gasteiger partial charge in [0.1, 0.15) is 11.5 Å². The van der Waals surface area contributed by atoms with E-state index < -0.39 is 5.97 Å². The number of hydrogen-bond donors (Lipinski definition) is 1. The van der Waals surface area contributed by atoms with Crippen molar-refractivity contribution in [3.63, 3.8) is 0 Å². The average molecular weight is 448 g/mol. The molecule has 3 heterocycles. The molecule has 0 unspecified atom stereocenters. The number of aromatic nitrogens is 1. The van der Waals surface area contributed by atoms with Crippen LogP contribution in [0.2, 0.25) is 0 Å². The van der Waals surface area contributed by atoms with Crippen molar-refractivity contribution in [2.45, 2.75) is 19.8 Å². The molecular formula is C24H21N3O4S. The van der Waals surface area contributed by atoms with Crippen molar-refractivity contribution in [3.05, 3.63) is 77.2 Å². The maximum absolute atomic E-state index is 13.0. The molecule has 4 rings (SSSR count). The molecule has 0 spiro atoms. The van der Waals surface area contributed by atoms with Crippen molar-refractivity contribution in [1.82, 2.24) is 9.88 Å². The number of nitrogens with zero attached hydrogens (tertiary/aromatic N) is 3. The van der Waals surface area contributed by atoms with Gasteiger partial charge in [0.05, 0.1) is 23.2 Å². The van der Waals surface area contributed by atoms with E-state index in [1.165, 1.54) is 11.8 Å². The van der Waals surface area contributed by atoms with E-state index in [-0.39, 0.29) is 12.3 Å². The van der Waals surface area contributed by atoms with Gasteiger partial charge >= 0.3 is 5.97 Å². The number of amidine groups is 1. The molecule has 8 heteroatoms. The lowest BCUT2D eigenvalue weighted by molar-refractivity contribution is -0.136. The Bertz CT molecular complexity index is 1180.